The van der Waals surface area contributed by atoms with Crippen LogP contribution in [0.4, 0.5) is 5.69 Å². The van der Waals surface area contributed by atoms with Crippen LogP contribution in [-0.4, -0.2) is 17.4 Å². The molecule has 0 atom stereocenters. The first-order chi connectivity index (χ1) is 13.7. The van der Waals surface area contributed by atoms with Gasteiger partial charge in [-0.1, -0.05) is 72.8 Å². The van der Waals surface area contributed by atoms with E-state index in [2.05, 4.69) is 16.0 Å². The summed E-state index contributed by atoms with van der Waals surface area (Å²) in [7, 11) is 0. The van der Waals surface area contributed by atoms with Crippen LogP contribution in [0.2, 0.25) is 0 Å². The summed E-state index contributed by atoms with van der Waals surface area (Å²) < 4.78 is 0. The van der Waals surface area contributed by atoms with Crippen LogP contribution < -0.4 is 16.0 Å². The number of amides is 1. The van der Waals surface area contributed by atoms with Crippen molar-refractivity contribution in [2.75, 3.05) is 5.32 Å². The van der Waals surface area contributed by atoms with Gasteiger partial charge in [0, 0.05) is 18.7 Å². The van der Waals surface area contributed by atoms with Crippen LogP contribution in [0.5, 0.6) is 0 Å². The Bertz CT molecular complexity index is 943. The van der Waals surface area contributed by atoms with E-state index >= 15 is 0 Å². The van der Waals surface area contributed by atoms with Crippen molar-refractivity contribution in [2.45, 2.75) is 18.8 Å². The highest BCUT2D eigenvalue weighted by atomic mass is 16.2. The van der Waals surface area contributed by atoms with Crippen molar-refractivity contribution in [2.24, 2.45) is 0 Å². The molecule has 0 bridgehead atoms. The number of para-hydroxylation sites is 1. The molecule has 0 spiro atoms. The molecule has 0 unspecified atom stereocenters. The summed E-state index contributed by atoms with van der Waals surface area (Å²) in [6.45, 7) is 0.758. The Morgan fingerprint density at radius 3 is 1.75 bits per heavy atom. The van der Waals surface area contributed by atoms with Crippen LogP contribution >= 0.6 is 0 Å². The van der Waals surface area contributed by atoms with Crippen molar-refractivity contribution in [1.29, 1.82) is 0 Å². The Hall–Kier alpha value is -3.28. The Morgan fingerprint density at radius 1 is 0.679 bits per heavy atom. The fourth-order valence-corrected chi connectivity index (χ4v) is 3.36. The van der Waals surface area contributed by atoms with Crippen molar-refractivity contribution in [3.05, 3.63) is 102 Å². The number of Topliss-reactive ketones (excluding diaryl/α,β-unsaturated/α-hetero) is 1. The van der Waals surface area contributed by atoms with Gasteiger partial charge in [0.05, 0.1) is 5.69 Å². The Morgan fingerprint density at radius 2 is 1.18 bits per heavy atom. The molecule has 1 aliphatic heterocycles. The predicted molar refractivity (Wildman–Crippen MR) is 109 cm³/mol. The highest BCUT2D eigenvalue weighted by Crippen LogP contribution is 2.27. The first-order valence-corrected chi connectivity index (χ1v) is 9.22. The number of rotatable bonds is 6. The van der Waals surface area contributed by atoms with Gasteiger partial charge >= 0.3 is 0 Å². The summed E-state index contributed by atoms with van der Waals surface area (Å²) >= 11 is 0. The maximum Gasteiger partial charge on any atom is 0.267 e. The lowest BCUT2D eigenvalue weighted by atomic mass is 9.90. The average Bonchev–Trinajstić information content (AvgIpc) is 2.75. The van der Waals surface area contributed by atoms with E-state index in [0.29, 0.717) is 24.3 Å². The van der Waals surface area contributed by atoms with Gasteiger partial charge in [0.25, 0.3) is 5.91 Å². The highest BCUT2D eigenvalue weighted by molar-refractivity contribution is 6.27. The Kier molecular flexibility index (Phi) is 5.02. The normalized spacial score (nSPS) is 15.0. The fourth-order valence-electron chi connectivity index (χ4n) is 3.36. The topological polar surface area (TPSA) is 70.2 Å². The zero-order chi connectivity index (χ0) is 19.4. The SMILES string of the molecule is O=C1Nc2ccccc2C(=O)C1(NCc1ccccc1)NCc1ccccc1. The minimum absolute atomic E-state index is 0.279. The van der Waals surface area contributed by atoms with Crippen molar-refractivity contribution in [1.82, 2.24) is 10.6 Å². The molecule has 3 aromatic rings. The molecule has 0 aliphatic carbocycles. The van der Waals surface area contributed by atoms with E-state index in [-0.39, 0.29) is 5.78 Å². The Balaban J connectivity index is 1.66. The first kappa shape index (κ1) is 18.1. The molecule has 0 fully saturated rings. The number of hydrogen-bond acceptors (Lipinski definition) is 4. The van der Waals surface area contributed by atoms with E-state index in [0.717, 1.165) is 11.1 Å². The first-order valence-electron chi connectivity index (χ1n) is 9.22. The summed E-state index contributed by atoms with van der Waals surface area (Å²) in [5.41, 5.74) is 1.46. The summed E-state index contributed by atoms with van der Waals surface area (Å²) in [5, 5.41) is 9.25. The van der Waals surface area contributed by atoms with Gasteiger partial charge in [-0.25, -0.2) is 0 Å². The van der Waals surface area contributed by atoms with Crippen molar-refractivity contribution >= 4 is 17.4 Å². The summed E-state index contributed by atoms with van der Waals surface area (Å²) in [5.74, 6) is -0.679. The van der Waals surface area contributed by atoms with E-state index < -0.39 is 11.6 Å². The van der Waals surface area contributed by atoms with Gasteiger partial charge in [-0.15, -0.1) is 0 Å². The van der Waals surface area contributed by atoms with E-state index in [1.807, 2.05) is 60.7 Å². The molecule has 0 saturated heterocycles. The van der Waals surface area contributed by atoms with Gasteiger partial charge in [-0.05, 0) is 23.3 Å². The Labute approximate surface area is 163 Å². The van der Waals surface area contributed by atoms with Crippen LogP contribution in [0.25, 0.3) is 0 Å². The number of anilines is 1. The molecule has 3 N–H and O–H groups in total. The maximum atomic E-state index is 13.4. The zero-order valence-electron chi connectivity index (χ0n) is 15.3. The monoisotopic (exact) mass is 371 g/mol. The lowest BCUT2D eigenvalue weighted by Crippen LogP contribution is -2.70. The summed E-state index contributed by atoms with van der Waals surface area (Å²) in [6.07, 6.45) is 0. The third kappa shape index (κ3) is 3.45. The lowest BCUT2D eigenvalue weighted by Gasteiger charge is -2.37. The third-order valence-corrected chi connectivity index (χ3v) is 4.90. The van der Waals surface area contributed by atoms with Crippen LogP contribution in [0, 0.1) is 0 Å². The molecule has 0 saturated carbocycles. The second-order valence-electron chi connectivity index (χ2n) is 6.76. The van der Waals surface area contributed by atoms with Gasteiger partial charge in [-0.2, -0.15) is 0 Å². The average molecular weight is 371 g/mol. The van der Waals surface area contributed by atoms with Crippen LogP contribution in [-0.2, 0) is 17.9 Å². The number of nitrogens with one attached hydrogen (secondary N) is 3. The number of fused-ring (bicyclic) bond motifs is 1. The molecule has 0 radical (unpaired) electrons. The van der Waals surface area contributed by atoms with Crippen molar-refractivity contribution < 1.29 is 9.59 Å². The molecular weight excluding hydrogens is 350 g/mol. The van der Waals surface area contributed by atoms with Gasteiger partial charge in [0.2, 0.25) is 11.4 Å². The van der Waals surface area contributed by atoms with Gasteiger partial charge in [0.1, 0.15) is 0 Å². The van der Waals surface area contributed by atoms with E-state index in [1.54, 1.807) is 24.3 Å². The standard InChI is InChI=1S/C23H21N3O2/c27-21-19-13-7-8-14-20(19)26-22(28)23(21,24-15-17-9-3-1-4-10-17)25-16-18-11-5-2-6-12-18/h1-14,24-25H,15-16H2,(H,26,28). The van der Waals surface area contributed by atoms with Crippen LogP contribution in [0.3, 0.4) is 0 Å². The molecular formula is C23H21N3O2. The minimum Gasteiger partial charge on any atom is -0.322 e. The fraction of sp³-hybridized carbons (Fsp3) is 0.130. The van der Waals surface area contributed by atoms with Crippen molar-refractivity contribution in [3.63, 3.8) is 0 Å². The number of carbonyl (C=O) groups excluding carboxylic acids is 2. The maximum absolute atomic E-state index is 13.4. The predicted octanol–water partition coefficient (Wildman–Crippen LogP) is 3.10. The largest absolute Gasteiger partial charge is 0.322 e. The molecule has 140 valence electrons. The molecule has 1 heterocycles. The lowest BCUT2D eigenvalue weighted by molar-refractivity contribution is -0.122. The van der Waals surface area contributed by atoms with Gasteiger partial charge in [0.15, 0.2) is 0 Å². The number of carbonyl (C=O) groups is 2. The van der Waals surface area contributed by atoms with Crippen molar-refractivity contribution in [3.8, 4) is 0 Å². The number of ketones is 1. The quantitative estimate of drug-likeness (QED) is 0.460. The molecule has 1 amide bonds. The van der Waals surface area contributed by atoms with Crippen LogP contribution in [0.1, 0.15) is 21.5 Å². The summed E-state index contributed by atoms with van der Waals surface area (Å²) in [6, 6.07) is 26.5. The van der Waals surface area contributed by atoms with E-state index in [1.165, 1.54) is 0 Å². The second-order valence-corrected chi connectivity index (χ2v) is 6.76. The molecule has 0 aromatic heterocycles. The number of hydrogen-bond donors (Lipinski definition) is 3. The van der Waals surface area contributed by atoms with Crippen LogP contribution in [0.15, 0.2) is 84.9 Å². The van der Waals surface area contributed by atoms with Gasteiger partial charge < -0.3 is 5.32 Å². The highest BCUT2D eigenvalue weighted by Gasteiger charge is 2.49. The zero-order valence-corrected chi connectivity index (χ0v) is 15.3. The third-order valence-electron chi connectivity index (χ3n) is 4.90. The number of benzene rings is 3. The van der Waals surface area contributed by atoms with E-state index in [9.17, 15) is 9.59 Å². The molecule has 28 heavy (non-hydrogen) atoms. The molecule has 5 nitrogen and oxygen atoms in total. The molecule has 4 rings (SSSR count). The molecule has 5 heteroatoms. The smallest absolute Gasteiger partial charge is 0.267 e. The van der Waals surface area contributed by atoms with E-state index in [4.69, 9.17) is 0 Å². The minimum atomic E-state index is -1.54. The molecule has 1 aliphatic rings. The molecule has 3 aromatic carbocycles. The second kappa shape index (κ2) is 7.76. The van der Waals surface area contributed by atoms with Gasteiger partial charge in [-0.3, -0.25) is 20.2 Å². The summed E-state index contributed by atoms with van der Waals surface area (Å²) in [4.78, 5) is 26.5.